The normalized spacial score (nSPS) is 27.7. The molecule has 0 amide bonds. The zero-order valence-electron chi connectivity index (χ0n) is 13.5. The monoisotopic (exact) mass is 300 g/mol. The molecule has 2 bridgehead atoms. The van der Waals surface area contributed by atoms with Gasteiger partial charge in [0.05, 0.1) is 6.20 Å². The lowest BCUT2D eigenvalue weighted by Crippen LogP contribution is -2.43. The van der Waals surface area contributed by atoms with Gasteiger partial charge in [0.2, 0.25) is 5.95 Å². The van der Waals surface area contributed by atoms with Gasteiger partial charge in [0.25, 0.3) is 0 Å². The molecule has 2 atom stereocenters. The number of aryl methyl sites for hydroxylation is 1. The fourth-order valence-electron chi connectivity index (χ4n) is 3.86. The quantitative estimate of drug-likeness (QED) is 0.910. The molecule has 0 radical (unpaired) electrons. The number of hydrogen-bond donors (Lipinski definition) is 2. The summed E-state index contributed by atoms with van der Waals surface area (Å²) in [6, 6.07) is 1.81. The Kier molecular flexibility index (Phi) is 3.29. The van der Waals surface area contributed by atoms with E-state index in [1.165, 1.54) is 31.2 Å². The van der Waals surface area contributed by atoms with Gasteiger partial charge in [-0.2, -0.15) is 14.6 Å². The fourth-order valence-corrected chi connectivity index (χ4v) is 3.86. The van der Waals surface area contributed by atoms with Gasteiger partial charge in [0.15, 0.2) is 5.65 Å². The summed E-state index contributed by atoms with van der Waals surface area (Å²) in [4.78, 5) is 9.19. The van der Waals surface area contributed by atoms with E-state index >= 15 is 0 Å². The number of aromatic nitrogens is 4. The van der Waals surface area contributed by atoms with Crippen molar-refractivity contribution in [2.75, 3.05) is 5.32 Å². The van der Waals surface area contributed by atoms with Crippen molar-refractivity contribution < 1.29 is 0 Å². The molecule has 4 heterocycles. The van der Waals surface area contributed by atoms with E-state index in [1.807, 2.05) is 17.6 Å². The average Bonchev–Trinajstić information content (AvgIpc) is 3.02. The number of nitrogens with one attached hydrogen (secondary N) is 2. The van der Waals surface area contributed by atoms with Crippen LogP contribution in [0.4, 0.5) is 5.95 Å². The molecule has 2 N–H and O–H groups in total. The first-order valence-corrected chi connectivity index (χ1v) is 8.35. The van der Waals surface area contributed by atoms with Gasteiger partial charge in [0.1, 0.15) is 5.82 Å². The zero-order valence-corrected chi connectivity index (χ0v) is 13.5. The lowest BCUT2D eigenvalue weighted by atomic mass is 10.0. The highest BCUT2D eigenvalue weighted by molar-refractivity contribution is 5.52. The van der Waals surface area contributed by atoms with E-state index in [-0.39, 0.29) is 0 Å². The third kappa shape index (κ3) is 2.35. The lowest BCUT2D eigenvalue weighted by Gasteiger charge is -2.30. The van der Waals surface area contributed by atoms with E-state index in [0.717, 1.165) is 17.4 Å². The first-order valence-electron chi connectivity index (χ1n) is 8.35. The maximum absolute atomic E-state index is 4.60. The van der Waals surface area contributed by atoms with Crippen LogP contribution in [-0.4, -0.2) is 37.7 Å². The van der Waals surface area contributed by atoms with Gasteiger partial charge >= 0.3 is 0 Å². The van der Waals surface area contributed by atoms with Crippen LogP contribution in [0.1, 0.15) is 56.8 Å². The molecule has 2 unspecified atom stereocenters. The number of piperidine rings is 1. The molecule has 2 fully saturated rings. The fraction of sp³-hybridized carbons (Fsp3) is 0.688. The molecule has 2 aromatic heterocycles. The molecule has 2 aliphatic rings. The first-order chi connectivity index (χ1) is 10.6. The van der Waals surface area contributed by atoms with Gasteiger partial charge in [-0.25, -0.2) is 4.98 Å². The van der Waals surface area contributed by atoms with Crippen LogP contribution in [0.15, 0.2) is 6.20 Å². The van der Waals surface area contributed by atoms with Crippen molar-refractivity contribution in [3.05, 3.63) is 17.6 Å². The minimum atomic E-state index is 0.411. The van der Waals surface area contributed by atoms with Gasteiger partial charge in [-0.3, -0.25) is 0 Å². The second kappa shape index (κ2) is 5.19. The van der Waals surface area contributed by atoms with Crippen molar-refractivity contribution in [3.8, 4) is 0 Å². The largest absolute Gasteiger partial charge is 0.351 e. The molecule has 0 aromatic carbocycles. The Morgan fingerprint density at radius 1 is 1.23 bits per heavy atom. The van der Waals surface area contributed by atoms with Crippen LogP contribution < -0.4 is 10.6 Å². The van der Waals surface area contributed by atoms with Crippen molar-refractivity contribution in [2.24, 2.45) is 0 Å². The van der Waals surface area contributed by atoms with E-state index < -0.39 is 0 Å². The van der Waals surface area contributed by atoms with Crippen LogP contribution in [0.5, 0.6) is 0 Å². The predicted octanol–water partition coefficient (Wildman–Crippen LogP) is 2.25. The van der Waals surface area contributed by atoms with Crippen molar-refractivity contribution in [3.63, 3.8) is 0 Å². The number of hydrogen-bond acceptors (Lipinski definition) is 5. The van der Waals surface area contributed by atoms with E-state index in [0.29, 0.717) is 24.0 Å². The lowest BCUT2D eigenvalue weighted by molar-refractivity contribution is 0.376. The molecule has 118 valence electrons. The Morgan fingerprint density at radius 2 is 1.95 bits per heavy atom. The second-order valence-corrected chi connectivity index (χ2v) is 7.03. The van der Waals surface area contributed by atoms with Crippen molar-refractivity contribution >= 4 is 11.6 Å². The number of anilines is 1. The highest BCUT2D eigenvalue weighted by Crippen LogP contribution is 2.29. The number of rotatable bonds is 3. The molecule has 6 heteroatoms. The topological polar surface area (TPSA) is 67.1 Å². The Bertz CT molecular complexity index is 679. The Morgan fingerprint density at radius 3 is 2.64 bits per heavy atom. The number of fused-ring (bicyclic) bond motifs is 3. The highest BCUT2D eigenvalue weighted by Gasteiger charge is 2.33. The van der Waals surface area contributed by atoms with Gasteiger partial charge in [0, 0.05) is 23.7 Å². The van der Waals surface area contributed by atoms with Crippen molar-refractivity contribution in [2.45, 2.75) is 70.5 Å². The van der Waals surface area contributed by atoms with Crippen molar-refractivity contribution in [1.29, 1.82) is 0 Å². The van der Waals surface area contributed by atoms with Crippen LogP contribution in [-0.2, 0) is 0 Å². The second-order valence-electron chi connectivity index (χ2n) is 7.03. The molecule has 2 aliphatic heterocycles. The maximum atomic E-state index is 4.60. The van der Waals surface area contributed by atoms with Crippen LogP contribution in [0.2, 0.25) is 0 Å². The summed E-state index contributed by atoms with van der Waals surface area (Å²) in [7, 11) is 0. The minimum absolute atomic E-state index is 0.411. The molecule has 4 rings (SSSR count). The molecular formula is C16H24N6. The maximum Gasteiger partial charge on any atom is 0.227 e. The molecular weight excluding hydrogens is 276 g/mol. The standard InChI is InChI=1S/C16H24N6/c1-9(2)14-8-17-22-15(14)18-10(3)19-16(22)21-13-6-11-4-5-12(7-13)20-11/h8-9,11-13,20H,4-7H2,1-3H3,(H,18,19,21). The van der Waals surface area contributed by atoms with Crippen molar-refractivity contribution in [1.82, 2.24) is 24.9 Å². The van der Waals surface area contributed by atoms with Gasteiger partial charge in [-0.15, -0.1) is 0 Å². The summed E-state index contributed by atoms with van der Waals surface area (Å²) in [6.45, 7) is 6.30. The van der Waals surface area contributed by atoms with E-state index in [1.54, 1.807) is 0 Å². The third-order valence-electron chi connectivity index (χ3n) is 4.94. The first kappa shape index (κ1) is 13.9. The molecule has 0 saturated carbocycles. The SMILES string of the molecule is Cc1nc(NC2CC3CCC(C2)N3)n2ncc(C(C)C)c2n1. The summed E-state index contributed by atoms with van der Waals surface area (Å²) < 4.78 is 1.87. The highest BCUT2D eigenvalue weighted by atomic mass is 15.4. The van der Waals surface area contributed by atoms with Gasteiger partial charge in [-0.1, -0.05) is 13.8 Å². The molecule has 0 spiro atoms. The summed E-state index contributed by atoms with van der Waals surface area (Å²) in [5.41, 5.74) is 2.11. The molecule has 22 heavy (non-hydrogen) atoms. The minimum Gasteiger partial charge on any atom is -0.351 e. The van der Waals surface area contributed by atoms with E-state index in [2.05, 4.69) is 39.5 Å². The van der Waals surface area contributed by atoms with Crippen LogP contribution in [0.25, 0.3) is 5.65 Å². The van der Waals surface area contributed by atoms with E-state index in [9.17, 15) is 0 Å². The average molecular weight is 300 g/mol. The summed E-state index contributed by atoms with van der Waals surface area (Å²) in [5.74, 6) is 2.05. The van der Waals surface area contributed by atoms with Crippen LogP contribution in [0.3, 0.4) is 0 Å². The van der Waals surface area contributed by atoms with Crippen LogP contribution in [0, 0.1) is 6.92 Å². The number of nitrogens with zero attached hydrogens (tertiary/aromatic N) is 4. The molecule has 6 nitrogen and oxygen atoms in total. The summed E-state index contributed by atoms with van der Waals surface area (Å²) in [5, 5.41) is 11.8. The zero-order chi connectivity index (χ0) is 15.3. The van der Waals surface area contributed by atoms with Gasteiger partial charge < -0.3 is 10.6 Å². The summed E-state index contributed by atoms with van der Waals surface area (Å²) in [6.07, 6.45) is 6.87. The Balaban J connectivity index is 1.66. The van der Waals surface area contributed by atoms with E-state index in [4.69, 9.17) is 0 Å². The Labute approximate surface area is 130 Å². The van der Waals surface area contributed by atoms with Crippen LogP contribution >= 0.6 is 0 Å². The predicted molar refractivity (Wildman–Crippen MR) is 86.2 cm³/mol. The molecule has 0 aliphatic carbocycles. The smallest absolute Gasteiger partial charge is 0.227 e. The summed E-state index contributed by atoms with van der Waals surface area (Å²) >= 11 is 0. The Hall–Kier alpha value is -1.69. The molecule has 2 saturated heterocycles. The third-order valence-corrected chi connectivity index (χ3v) is 4.94. The molecule has 2 aromatic rings. The van der Waals surface area contributed by atoms with Gasteiger partial charge in [-0.05, 0) is 38.5 Å².